The molecular weight excluding hydrogens is 309 g/mol. The Labute approximate surface area is 139 Å². The van der Waals surface area contributed by atoms with Gasteiger partial charge in [0.1, 0.15) is 5.82 Å². The maximum Gasteiger partial charge on any atom is 0.261 e. The minimum absolute atomic E-state index is 0.0103. The van der Waals surface area contributed by atoms with Crippen LogP contribution in [0.15, 0.2) is 30.5 Å². The molecule has 1 amide bonds. The van der Waals surface area contributed by atoms with Crippen LogP contribution >= 0.6 is 0 Å². The summed E-state index contributed by atoms with van der Waals surface area (Å²) in [6.07, 6.45) is 4.45. The largest absolute Gasteiger partial charge is 0.481 e. The van der Waals surface area contributed by atoms with Crippen molar-refractivity contribution >= 4 is 5.91 Å². The van der Waals surface area contributed by atoms with Crippen molar-refractivity contribution in [2.75, 3.05) is 6.61 Å². The predicted octanol–water partition coefficient (Wildman–Crippen LogP) is 2.59. The van der Waals surface area contributed by atoms with E-state index in [1.54, 1.807) is 12.1 Å². The van der Waals surface area contributed by atoms with E-state index in [4.69, 9.17) is 4.74 Å². The number of aryl methyl sites for hydroxylation is 1. The number of halogens is 1. The first-order chi connectivity index (χ1) is 11.6. The lowest BCUT2D eigenvalue weighted by atomic mass is 9.99. The Hall–Kier alpha value is -2.50. The third kappa shape index (κ3) is 2.52. The number of rotatable bonds is 3. The zero-order valence-corrected chi connectivity index (χ0v) is 13.4. The van der Waals surface area contributed by atoms with Crippen molar-refractivity contribution in [1.82, 2.24) is 14.9 Å². The first-order valence-corrected chi connectivity index (χ1v) is 8.14. The van der Waals surface area contributed by atoms with Gasteiger partial charge < -0.3 is 9.64 Å². The highest BCUT2D eigenvalue weighted by molar-refractivity contribution is 5.79. The summed E-state index contributed by atoms with van der Waals surface area (Å²) in [5.74, 6) is 0.295. The topological polar surface area (TPSA) is 55.3 Å². The van der Waals surface area contributed by atoms with Crippen LogP contribution in [0, 0.1) is 12.7 Å². The summed E-state index contributed by atoms with van der Waals surface area (Å²) in [4.78, 5) is 23.3. The van der Waals surface area contributed by atoms with E-state index in [9.17, 15) is 9.18 Å². The summed E-state index contributed by atoms with van der Waals surface area (Å²) in [5, 5.41) is 0. The molecule has 2 aliphatic heterocycles. The molecule has 0 unspecified atom stereocenters. The molecule has 0 radical (unpaired) electrons. The molecule has 2 bridgehead atoms. The van der Waals surface area contributed by atoms with Crippen LogP contribution in [0.1, 0.15) is 36.0 Å². The van der Waals surface area contributed by atoms with Gasteiger partial charge in [-0.25, -0.2) is 14.4 Å². The van der Waals surface area contributed by atoms with Crippen LogP contribution in [0.2, 0.25) is 0 Å². The maximum atomic E-state index is 13.6. The first-order valence-electron chi connectivity index (χ1n) is 8.14. The van der Waals surface area contributed by atoms with E-state index in [-0.39, 0.29) is 30.3 Å². The molecule has 0 spiro atoms. The van der Waals surface area contributed by atoms with Crippen LogP contribution in [-0.4, -0.2) is 33.4 Å². The Morgan fingerprint density at radius 2 is 2.21 bits per heavy atom. The molecule has 2 aliphatic rings. The molecule has 3 heterocycles. The molecular formula is C18H18FN3O2. The second kappa shape index (κ2) is 5.85. The molecule has 1 aromatic carbocycles. The zero-order valence-electron chi connectivity index (χ0n) is 13.4. The lowest BCUT2D eigenvalue weighted by Gasteiger charge is -2.35. The lowest BCUT2D eigenvalue weighted by molar-refractivity contribution is -0.137. The number of fused-ring (bicyclic) bond motifs is 4. The predicted molar refractivity (Wildman–Crippen MR) is 85.0 cm³/mol. The summed E-state index contributed by atoms with van der Waals surface area (Å²) in [6, 6.07) is 6.28. The van der Waals surface area contributed by atoms with Crippen LogP contribution in [0.5, 0.6) is 5.75 Å². The molecule has 0 aliphatic carbocycles. The van der Waals surface area contributed by atoms with Crippen LogP contribution in [0.25, 0.3) is 0 Å². The molecule has 0 saturated carbocycles. The molecule has 1 aromatic heterocycles. The molecule has 1 saturated heterocycles. The van der Waals surface area contributed by atoms with Gasteiger partial charge in [-0.3, -0.25) is 4.79 Å². The SMILES string of the molecule is Cc1ncc2c(n1)C[C@@H]1CC[C@H]2N1C(=O)COc1ccccc1F. The van der Waals surface area contributed by atoms with Crippen molar-refractivity contribution < 1.29 is 13.9 Å². The van der Waals surface area contributed by atoms with Crippen LogP contribution < -0.4 is 4.74 Å². The van der Waals surface area contributed by atoms with Gasteiger partial charge in [-0.1, -0.05) is 12.1 Å². The highest BCUT2D eigenvalue weighted by Crippen LogP contribution is 2.42. The normalized spacial score (nSPS) is 21.5. The molecule has 5 nitrogen and oxygen atoms in total. The Morgan fingerprint density at radius 3 is 3.04 bits per heavy atom. The number of carbonyl (C=O) groups is 1. The lowest BCUT2D eigenvalue weighted by Crippen LogP contribution is -2.44. The number of aromatic nitrogens is 2. The number of ether oxygens (including phenoxy) is 1. The molecule has 2 atom stereocenters. The van der Waals surface area contributed by atoms with Crippen molar-refractivity contribution in [2.45, 2.75) is 38.3 Å². The fraction of sp³-hybridized carbons (Fsp3) is 0.389. The Kier molecular flexibility index (Phi) is 3.67. The fourth-order valence-electron chi connectivity index (χ4n) is 3.73. The van der Waals surface area contributed by atoms with Gasteiger partial charge in [0, 0.05) is 24.2 Å². The number of hydrogen-bond donors (Lipinski definition) is 0. The average molecular weight is 327 g/mol. The van der Waals surface area contributed by atoms with Crippen molar-refractivity contribution in [3.63, 3.8) is 0 Å². The summed E-state index contributed by atoms with van der Waals surface area (Å²) < 4.78 is 19.0. The van der Waals surface area contributed by atoms with Crippen molar-refractivity contribution in [2.24, 2.45) is 0 Å². The van der Waals surface area contributed by atoms with Crippen molar-refractivity contribution in [3.8, 4) is 5.75 Å². The van der Waals surface area contributed by atoms with Gasteiger partial charge in [0.05, 0.1) is 11.7 Å². The molecule has 4 rings (SSSR count). The Bertz CT molecular complexity index is 796. The molecule has 6 heteroatoms. The highest BCUT2D eigenvalue weighted by Gasteiger charge is 2.43. The van der Waals surface area contributed by atoms with E-state index in [1.165, 1.54) is 12.1 Å². The minimum atomic E-state index is -0.457. The van der Waals surface area contributed by atoms with Gasteiger partial charge >= 0.3 is 0 Å². The quantitative estimate of drug-likeness (QED) is 0.869. The monoisotopic (exact) mass is 327 g/mol. The van der Waals surface area contributed by atoms with Crippen LogP contribution in [-0.2, 0) is 11.2 Å². The van der Waals surface area contributed by atoms with Crippen molar-refractivity contribution in [3.05, 3.63) is 53.4 Å². The molecule has 0 N–H and O–H groups in total. The summed E-state index contributed by atoms with van der Waals surface area (Å²) in [6.45, 7) is 1.72. The van der Waals surface area contributed by atoms with Gasteiger partial charge in [-0.2, -0.15) is 0 Å². The number of amides is 1. The van der Waals surface area contributed by atoms with Gasteiger partial charge in [-0.15, -0.1) is 0 Å². The average Bonchev–Trinajstić information content (AvgIpc) is 2.89. The summed E-state index contributed by atoms with van der Waals surface area (Å²) in [7, 11) is 0. The second-order valence-electron chi connectivity index (χ2n) is 6.29. The van der Waals surface area contributed by atoms with E-state index >= 15 is 0 Å². The molecule has 1 fully saturated rings. The number of carbonyl (C=O) groups excluding carboxylic acids is 1. The third-order valence-electron chi connectivity index (χ3n) is 4.79. The third-order valence-corrected chi connectivity index (χ3v) is 4.79. The van der Waals surface area contributed by atoms with Crippen LogP contribution in [0.4, 0.5) is 4.39 Å². The summed E-state index contributed by atoms with van der Waals surface area (Å²) in [5.41, 5.74) is 2.09. The standard InChI is InChI=1S/C18H18FN3O2/c1-11-20-9-13-15(21-11)8-12-6-7-16(13)22(12)18(23)10-24-17-5-3-2-4-14(17)19/h2-5,9,12,16H,6-8,10H2,1H3/t12-,16+/m0/s1. The van der Waals surface area contributed by atoms with Gasteiger partial charge in [-0.05, 0) is 31.9 Å². The zero-order chi connectivity index (χ0) is 16.7. The molecule has 124 valence electrons. The van der Waals surface area contributed by atoms with E-state index in [1.807, 2.05) is 18.0 Å². The number of para-hydroxylation sites is 1. The van der Waals surface area contributed by atoms with Crippen molar-refractivity contribution in [1.29, 1.82) is 0 Å². The maximum absolute atomic E-state index is 13.6. The molecule has 24 heavy (non-hydrogen) atoms. The smallest absolute Gasteiger partial charge is 0.261 e. The van der Waals surface area contributed by atoms with Gasteiger partial charge in [0.2, 0.25) is 0 Å². The second-order valence-corrected chi connectivity index (χ2v) is 6.29. The van der Waals surface area contributed by atoms with Crippen LogP contribution in [0.3, 0.4) is 0 Å². The Morgan fingerprint density at radius 1 is 1.38 bits per heavy atom. The minimum Gasteiger partial charge on any atom is -0.481 e. The number of nitrogens with zero attached hydrogens (tertiary/aromatic N) is 3. The van der Waals surface area contributed by atoms with Gasteiger partial charge in [0.15, 0.2) is 18.2 Å². The number of hydrogen-bond acceptors (Lipinski definition) is 4. The molecule has 2 aromatic rings. The van der Waals surface area contributed by atoms with E-state index < -0.39 is 5.82 Å². The summed E-state index contributed by atoms with van der Waals surface area (Å²) >= 11 is 0. The van der Waals surface area contributed by atoms with E-state index in [2.05, 4.69) is 9.97 Å². The first kappa shape index (κ1) is 15.1. The van der Waals surface area contributed by atoms with Gasteiger partial charge in [0.25, 0.3) is 5.91 Å². The fourth-order valence-corrected chi connectivity index (χ4v) is 3.73. The highest BCUT2D eigenvalue weighted by atomic mass is 19.1. The Balaban J connectivity index is 1.52. The van der Waals surface area contributed by atoms with E-state index in [0.717, 1.165) is 36.3 Å². The van der Waals surface area contributed by atoms with E-state index in [0.29, 0.717) is 0 Å². The number of benzene rings is 1.